The van der Waals surface area contributed by atoms with Crippen molar-refractivity contribution < 1.29 is 9.53 Å². The number of nitrogens with one attached hydrogen (secondary N) is 1. The Labute approximate surface area is 115 Å². The summed E-state index contributed by atoms with van der Waals surface area (Å²) in [4.78, 5) is 11.6. The van der Waals surface area contributed by atoms with Crippen molar-refractivity contribution in [3.63, 3.8) is 0 Å². The number of hydrogen-bond acceptors (Lipinski definition) is 4. The van der Waals surface area contributed by atoms with Gasteiger partial charge in [-0.05, 0) is 32.9 Å². The van der Waals surface area contributed by atoms with Gasteiger partial charge in [0, 0.05) is 21.2 Å². The lowest BCUT2D eigenvalue weighted by molar-refractivity contribution is 0.0636. The van der Waals surface area contributed by atoms with Crippen molar-refractivity contribution in [2.75, 3.05) is 5.32 Å². The van der Waals surface area contributed by atoms with Gasteiger partial charge >= 0.3 is 6.09 Å². The van der Waals surface area contributed by atoms with Crippen LogP contribution in [0.4, 0.5) is 10.5 Å². The van der Waals surface area contributed by atoms with E-state index in [0.717, 1.165) is 10.1 Å². The van der Waals surface area contributed by atoms with E-state index in [0.29, 0.717) is 11.3 Å². The van der Waals surface area contributed by atoms with Crippen LogP contribution in [0.25, 0.3) is 10.1 Å². The molecule has 0 fully saturated rings. The van der Waals surface area contributed by atoms with Crippen LogP contribution in [-0.4, -0.2) is 11.7 Å². The second kappa shape index (κ2) is 4.90. The zero-order chi connectivity index (χ0) is 14.0. The number of anilines is 1. The van der Waals surface area contributed by atoms with Gasteiger partial charge in [0.1, 0.15) is 11.7 Å². The molecule has 0 saturated carbocycles. The number of hydrogen-bond donors (Lipinski definition) is 1. The van der Waals surface area contributed by atoms with Gasteiger partial charge in [0.15, 0.2) is 0 Å². The maximum absolute atomic E-state index is 11.6. The summed E-state index contributed by atoms with van der Waals surface area (Å²) in [6.45, 7) is 5.44. The highest BCUT2D eigenvalue weighted by Crippen LogP contribution is 2.28. The summed E-state index contributed by atoms with van der Waals surface area (Å²) >= 11 is 1.48. The fourth-order valence-corrected chi connectivity index (χ4v) is 2.54. The van der Waals surface area contributed by atoms with Gasteiger partial charge < -0.3 is 4.74 Å². The normalized spacial score (nSPS) is 11.1. The average Bonchev–Trinajstić information content (AvgIpc) is 2.68. The van der Waals surface area contributed by atoms with Crippen LogP contribution >= 0.6 is 11.3 Å². The lowest BCUT2D eigenvalue weighted by atomic mass is 10.2. The first-order valence-electron chi connectivity index (χ1n) is 5.80. The number of nitrogens with zero attached hydrogens (tertiary/aromatic N) is 1. The van der Waals surface area contributed by atoms with Crippen LogP contribution in [0.5, 0.6) is 0 Å². The van der Waals surface area contributed by atoms with E-state index in [1.165, 1.54) is 11.3 Å². The van der Waals surface area contributed by atoms with Gasteiger partial charge in [0.2, 0.25) is 0 Å². The van der Waals surface area contributed by atoms with Crippen molar-refractivity contribution in [2.24, 2.45) is 0 Å². The number of rotatable bonds is 1. The number of carbonyl (C=O) groups excluding carboxylic acids is 1. The minimum atomic E-state index is -0.523. The van der Waals surface area contributed by atoms with Crippen LogP contribution in [-0.2, 0) is 4.74 Å². The molecule has 0 saturated heterocycles. The van der Waals surface area contributed by atoms with E-state index in [9.17, 15) is 4.79 Å². The minimum absolute atomic E-state index is 0.482. The third-order valence-corrected chi connectivity index (χ3v) is 3.29. The lowest BCUT2D eigenvalue weighted by Crippen LogP contribution is -2.27. The predicted octanol–water partition coefficient (Wildman–Crippen LogP) is 4.12. The highest BCUT2D eigenvalue weighted by Gasteiger charge is 2.16. The summed E-state index contributed by atoms with van der Waals surface area (Å²) in [6, 6.07) is 7.57. The summed E-state index contributed by atoms with van der Waals surface area (Å²) < 4.78 is 6.14. The molecule has 1 heterocycles. The molecule has 0 aliphatic rings. The van der Waals surface area contributed by atoms with Gasteiger partial charge in [0.05, 0.1) is 5.56 Å². The molecule has 98 valence electrons. The van der Waals surface area contributed by atoms with Gasteiger partial charge in [-0.2, -0.15) is 5.26 Å². The van der Waals surface area contributed by atoms with E-state index in [1.54, 1.807) is 6.07 Å². The van der Waals surface area contributed by atoms with Crippen molar-refractivity contribution in [2.45, 2.75) is 26.4 Å². The zero-order valence-corrected chi connectivity index (χ0v) is 11.8. The second-order valence-electron chi connectivity index (χ2n) is 5.10. The number of ether oxygens (including phenoxy) is 1. The Hall–Kier alpha value is -2.06. The first-order chi connectivity index (χ1) is 8.89. The minimum Gasteiger partial charge on any atom is -0.444 e. The third-order valence-electron chi connectivity index (χ3n) is 2.34. The SMILES string of the molecule is CC(C)(C)OC(=O)Nc1ccc2c(C#N)csc2c1. The largest absolute Gasteiger partial charge is 0.444 e. The van der Waals surface area contributed by atoms with Gasteiger partial charge in [-0.1, -0.05) is 6.07 Å². The molecular weight excluding hydrogens is 260 g/mol. The van der Waals surface area contributed by atoms with Crippen molar-refractivity contribution in [1.29, 1.82) is 5.26 Å². The van der Waals surface area contributed by atoms with Gasteiger partial charge in [-0.15, -0.1) is 11.3 Å². The van der Waals surface area contributed by atoms with E-state index in [4.69, 9.17) is 10.00 Å². The molecule has 1 aromatic carbocycles. The topological polar surface area (TPSA) is 62.1 Å². The molecule has 1 aromatic heterocycles. The smallest absolute Gasteiger partial charge is 0.412 e. The summed E-state index contributed by atoms with van der Waals surface area (Å²) in [5.74, 6) is 0. The van der Waals surface area contributed by atoms with Crippen LogP contribution in [0.1, 0.15) is 26.3 Å². The van der Waals surface area contributed by atoms with Gasteiger partial charge in [-0.25, -0.2) is 4.79 Å². The lowest BCUT2D eigenvalue weighted by Gasteiger charge is -2.19. The number of benzene rings is 1. The molecule has 2 rings (SSSR count). The highest BCUT2D eigenvalue weighted by molar-refractivity contribution is 7.17. The molecule has 19 heavy (non-hydrogen) atoms. The number of amides is 1. The molecule has 0 radical (unpaired) electrons. The van der Waals surface area contributed by atoms with E-state index in [2.05, 4.69) is 11.4 Å². The van der Waals surface area contributed by atoms with Gasteiger partial charge in [-0.3, -0.25) is 5.32 Å². The summed E-state index contributed by atoms with van der Waals surface area (Å²) in [5.41, 5.74) is 0.794. The molecule has 4 nitrogen and oxygen atoms in total. The molecule has 0 bridgehead atoms. The van der Waals surface area contributed by atoms with E-state index < -0.39 is 11.7 Å². The molecule has 2 aromatic rings. The summed E-state index contributed by atoms with van der Waals surface area (Å²) in [7, 11) is 0. The maximum atomic E-state index is 11.6. The van der Waals surface area contributed by atoms with Crippen LogP contribution in [0, 0.1) is 11.3 Å². The Kier molecular flexibility index (Phi) is 3.45. The summed E-state index contributed by atoms with van der Waals surface area (Å²) in [5, 5.41) is 14.3. The van der Waals surface area contributed by atoms with Crippen LogP contribution in [0.15, 0.2) is 23.6 Å². The predicted molar refractivity (Wildman–Crippen MR) is 76.4 cm³/mol. The van der Waals surface area contributed by atoms with Crippen LogP contribution < -0.4 is 5.32 Å². The molecule has 1 N–H and O–H groups in total. The van der Waals surface area contributed by atoms with Crippen LogP contribution in [0.3, 0.4) is 0 Å². The Bertz CT molecular complexity index is 662. The molecule has 0 unspecified atom stereocenters. The molecule has 1 amide bonds. The monoisotopic (exact) mass is 274 g/mol. The Morgan fingerprint density at radius 3 is 2.79 bits per heavy atom. The van der Waals surface area contributed by atoms with Crippen molar-refractivity contribution in [3.8, 4) is 6.07 Å². The molecule has 0 aliphatic carbocycles. The van der Waals surface area contributed by atoms with Gasteiger partial charge in [0.25, 0.3) is 0 Å². The molecule has 0 aliphatic heterocycles. The fraction of sp³-hybridized carbons (Fsp3) is 0.286. The van der Waals surface area contributed by atoms with Crippen molar-refractivity contribution in [3.05, 3.63) is 29.1 Å². The summed E-state index contributed by atoms with van der Waals surface area (Å²) in [6.07, 6.45) is -0.482. The quantitative estimate of drug-likeness (QED) is 0.850. The Morgan fingerprint density at radius 2 is 2.16 bits per heavy atom. The second-order valence-corrected chi connectivity index (χ2v) is 6.01. The number of fused-ring (bicyclic) bond motifs is 1. The number of nitriles is 1. The molecule has 5 heteroatoms. The van der Waals surface area contributed by atoms with Crippen molar-refractivity contribution in [1.82, 2.24) is 0 Å². The Balaban J connectivity index is 2.19. The standard InChI is InChI=1S/C14H14N2O2S/c1-14(2,3)18-13(17)16-10-4-5-11-9(7-15)8-19-12(11)6-10/h4-6,8H,1-3H3,(H,16,17). The molecule has 0 atom stereocenters. The fourth-order valence-electron chi connectivity index (χ4n) is 1.61. The number of carbonyl (C=O) groups is 1. The zero-order valence-electron chi connectivity index (χ0n) is 11.0. The maximum Gasteiger partial charge on any atom is 0.412 e. The van der Waals surface area contributed by atoms with E-state index in [1.807, 2.05) is 38.3 Å². The van der Waals surface area contributed by atoms with Crippen LogP contribution in [0.2, 0.25) is 0 Å². The first kappa shape index (κ1) is 13.4. The molecular formula is C14H14N2O2S. The number of thiophene rings is 1. The van der Waals surface area contributed by atoms with E-state index in [-0.39, 0.29) is 0 Å². The Morgan fingerprint density at radius 1 is 1.42 bits per heavy atom. The first-order valence-corrected chi connectivity index (χ1v) is 6.68. The van der Waals surface area contributed by atoms with Crippen molar-refractivity contribution >= 4 is 33.2 Å². The average molecular weight is 274 g/mol. The highest BCUT2D eigenvalue weighted by atomic mass is 32.1. The third kappa shape index (κ3) is 3.24. The van der Waals surface area contributed by atoms with E-state index >= 15 is 0 Å². The molecule has 0 spiro atoms.